The van der Waals surface area contributed by atoms with Crippen LogP contribution in [0.1, 0.15) is 38.3 Å². The smallest absolute Gasteiger partial charge is 0.226 e. The fraction of sp³-hybridized carbons (Fsp3) is 0.714. The highest BCUT2D eigenvalue weighted by atomic mass is 16.5. The van der Waals surface area contributed by atoms with Crippen LogP contribution >= 0.6 is 0 Å². The van der Waals surface area contributed by atoms with Crippen molar-refractivity contribution in [3.8, 4) is 5.88 Å². The minimum atomic E-state index is -0.0729. The van der Waals surface area contributed by atoms with Crippen molar-refractivity contribution in [1.82, 2.24) is 9.97 Å². The molecule has 19 heavy (non-hydrogen) atoms. The molecule has 106 valence electrons. The molecule has 0 amide bonds. The molecule has 1 aromatic rings. The van der Waals surface area contributed by atoms with Crippen LogP contribution < -0.4 is 15.8 Å². The average Bonchev–Trinajstić information content (AvgIpc) is 2.38. The fourth-order valence-electron chi connectivity index (χ4n) is 2.95. The van der Waals surface area contributed by atoms with Crippen molar-refractivity contribution in [1.29, 1.82) is 0 Å². The molecule has 0 saturated heterocycles. The Bertz CT molecular complexity index is 437. The van der Waals surface area contributed by atoms with Crippen LogP contribution in [0.5, 0.6) is 5.88 Å². The first-order valence-corrected chi connectivity index (χ1v) is 6.95. The highest BCUT2D eigenvalue weighted by molar-refractivity contribution is 5.34. The van der Waals surface area contributed by atoms with E-state index in [2.05, 4.69) is 22.2 Å². The molecule has 1 aromatic heterocycles. The molecule has 0 bridgehead atoms. The molecular weight excluding hydrogens is 240 g/mol. The first kappa shape index (κ1) is 14.1. The Hall–Kier alpha value is -1.36. The number of methoxy groups -OCH3 is 1. The SMILES string of the molecule is COc1cc(C)nc(NC2(CN)CCCC(C)C2)n1. The van der Waals surface area contributed by atoms with E-state index in [1.54, 1.807) is 7.11 Å². The number of nitrogens with one attached hydrogen (secondary N) is 1. The Morgan fingerprint density at radius 2 is 2.32 bits per heavy atom. The minimum absolute atomic E-state index is 0.0729. The molecule has 5 nitrogen and oxygen atoms in total. The van der Waals surface area contributed by atoms with Gasteiger partial charge in [0.1, 0.15) is 0 Å². The predicted molar refractivity (Wildman–Crippen MR) is 76.4 cm³/mol. The average molecular weight is 264 g/mol. The fourth-order valence-corrected chi connectivity index (χ4v) is 2.95. The van der Waals surface area contributed by atoms with Crippen LogP contribution in [0.4, 0.5) is 5.95 Å². The Balaban J connectivity index is 2.20. The van der Waals surface area contributed by atoms with E-state index in [1.807, 2.05) is 13.0 Å². The van der Waals surface area contributed by atoms with Crippen LogP contribution in [0.3, 0.4) is 0 Å². The number of nitrogens with two attached hydrogens (primary N) is 1. The van der Waals surface area contributed by atoms with E-state index in [1.165, 1.54) is 12.8 Å². The summed E-state index contributed by atoms with van der Waals surface area (Å²) in [5.41, 5.74) is 6.83. The second kappa shape index (κ2) is 5.74. The molecule has 0 spiro atoms. The van der Waals surface area contributed by atoms with Gasteiger partial charge < -0.3 is 15.8 Å². The third-order valence-corrected chi connectivity index (χ3v) is 3.90. The van der Waals surface area contributed by atoms with Gasteiger partial charge in [0.2, 0.25) is 11.8 Å². The molecule has 1 heterocycles. The summed E-state index contributed by atoms with van der Waals surface area (Å²) in [5, 5.41) is 3.46. The Morgan fingerprint density at radius 3 is 2.95 bits per heavy atom. The van der Waals surface area contributed by atoms with Crippen molar-refractivity contribution >= 4 is 5.95 Å². The first-order chi connectivity index (χ1) is 9.07. The molecule has 2 unspecified atom stereocenters. The first-order valence-electron chi connectivity index (χ1n) is 6.95. The Labute approximate surface area is 115 Å². The number of aryl methyl sites for hydroxylation is 1. The van der Waals surface area contributed by atoms with Crippen molar-refractivity contribution in [2.45, 2.75) is 45.1 Å². The summed E-state index contributed by atoms with van der Waals surface area (Å²) >= 11 is 0. The summed E-state index contributed by atoms with van der Waals surface area (Å²) in [6, 6.07) is 1.82. The second-order valence-electron chi connectivity index (χ2n) is 5.69. The summed E-state index contributed by atoms with van der Waals surface area (Å²) in [4.78, 5) is 8.80. The third-order valence-electron chi connectivity index (χ3n) is 3.90. The zero-order chi connectivity index (χ0) is 13.9. The summed E-state index contributed by atoms with van der Waals surface area (Å²) in [7, 11) is 1.62. The van der Waals surface area contributed by atoms with E-state index in [0.717, 1.165) is 18.5 Å². The van der Waals surface area contributed by atoms with E-state index in [9.17, 15) is 0 Å². The lowest BCUT2D eigenvalue weighted by atomic mass is 9.76. The van der Waals surface area contributed by atoms with Gasteiger partial charge in [0, 0.05) is 18.3 Å². The van der Waals surface area contributed by atoms with Crippen molar-refractivity contribution in [3.63, 3.8) is 0 Å². The van der Waals surface area contributed by atoms with Gasteiger partial charge in [-0.2, -0.15) is 4.98 Å². The largest absolute Gasteiger partial charge is 0.481 e. The molecule has 1 aliphatic rings. The molecule has 0 aliphatic heterocycles. The topological polar surface area (TPSA) is 73.1 Å². The number of anilines is 1. The summed E-state index contributed by atoms with van der Waals surface area (Å²) in [6.07, 6.45) is 4.63. The quantitative estimate of drug-likeness (QED) is 0.871. The molecule has 1 aliphatic carbocycles. The molecule has 2 atom stereocenters. The number of rotatable bonds is 4. The normalized spacial score (nSPS) is 27.1. The molecule has 0 radical (unpaired) electrons. The van der Waals surface area contributed by atoms with E-state index in [-0.39, 0.29) is 5.54 Å². The second-order valence-corrected chi connectivity index (χ2v) is 5.69. The van der Waals surface area contributed by atoms with Crippen molar-refractivity contribution in [3.05, 3.63) is 11.8 Å². The van der Waals surface area contributed by atoms with Crippen LogP contribution in [-0.2, 0) is 0 Å². The van der Waals surface area contributed by atoms with Gasteiger partial charge in [0.15, 0.2) is 0 Å². The lowest BCUT2D eigenvalue weighted by Gasteiger charge is -2.40. The van der Waals surface area contributed by atoms with Crippen molar-refractivity contribution < 1.29 is 4.74 Å². The summed E-state index contributed by atoms with van der Waals surface area (Å²) in [6.45, 7) is 4.83. The van der Waals surface area contributed by atoms with Crippen LogP contribution in [0.25, 0.3) is 0 Å². The monoisotopic (exact) mass is 264 g/mol. The summed E-state index contributed by atoms with van der Waals surface area (Å²) < 4.78 is 5.19. The lowest BCUT2D eigenvalue weighted by molar-refractivity contribution is 0.262. The van der Waals surface area contributed by atoms with Crippen molar-refractivity contribution in [2.24, 2.45) is 11.7 Å². The predicted octanol–water partition coefficient (Wildman–Crippen LogP) is 2.11. The number of nitrogens with zero attached hydrogens (tertiary/aromatic N) is 2. The molecule has 0 aromatic carbocycles. The van der Waals surface area contributed by atoms with Crippen LogP contribution in [0.2, 0.25) is 0 Å². The van der Waals surface area contributed by atoms with Gasteiger partial charge >= 0.3 is 0 Å². The van der Waals surface area contributed by atoms with Gasteiger partial charge in [0.05, 0.1) is 12.6 Å². The van der Waals surface area contributed by atoms with Gasteiger partial charge in [-0.3, -0.25) is 0 Å². The molecule has 1 saturated carbocycles. The zero-order valence-corrected chi connectivity index (χ0v) is 12.1. The van der Waals surface area contributed by atoms with Crippen LogP contribution in [-0.4, -0.2) is 29.2 Å². The highest BCUT2D eigenvalue weighted by Gasteiger charge is 2.34. The maximum Gasteiger partial charge on any atom is 0.226 e. The zero-order valence-electron chi connectivity index (χ0n) is 12.1. The Morgan fingerprint density at radius 1 is 1.53 bits per heavy atom. The molecular formula is C14H24N4O. The van der Waals surface area contributed by atoms with E-state index in [4.69, 9.17) is 10.5 Å². The lowest BCUT2D eigenvalue weighted by Crippen LogP contribution is -2.49. The minimum Gasteiger partial charge on any atom is -0.481 e. The maximum absolute atomic E-state index is 6.01. The van der Waals surface area contributed by atoms with Gasteiger partial charge in [-0.05, 0) is 25.7 Å². The number of ether oxygens (including phenoxy) is 1. The molecule has 2 rings (SSSR count). The summed E-state index contributed by atoms with van der Waals surface area (Å²) in [5.74, 6) is 1.90. The van der Waals surface area contributed by atoms with Crippen LogP contribution in [0, 0.1) is 12.8 Å². The van der Waals surface area contributed by atoms with Crippen molar-refractivity contribution in [2.75, 3.05) is 19.0 Å². The highest BCUT2D eigenvalue weighted by Crippen LogP contribution is 2.33. The van der Waals surface area contributed by atoms with Gasteiger partial charge in [-0.15, -0.1) is 0 Å². The molecule has 3 N–H and O–H groups in total. The van der Waals surface area contributed by atoms with Crippen LogP contribution in [0.15, 0.2) is 6.07 Å². The third kappa shape index (κ3) is 3.35. The van der Waals surface area contributed by atoms with Gasteiger partial charge in [0.25, 0.3) is 0 Å². The van der Waals surface area contributed by atoms with Gasteiger partial charge in [-0.1, -0.05) is 19.8 Å². The Kier molecular flexibility index (Phi) is 4.24. The number of hydrogen-bond donors (Lipinski definition) is 2. The molecule has 1 fully saturated rings. The number of hydrogen-bond acceptors (Lipinski definition) is 5. The van der Waals surface area contributed by atoms with E-state index >= 15 is 0 Å². The molecule has 5 heteroatoms. The number of aromatic nitrogens is 2. The maximum atomic E-state index is 6.01. The van der Waals surface area contributed by atoms with E-state index in [0.29, 0.717) is 24.3 Å². The van der Waals surface area contributed by atoms with Gasteiger partial charge in [-0.25, -0.2) is 4.98 Å². The standard InChI is InChI=1S/C14H24N4O/c1-10-5-4-6-14(8-10,9-15)18-13-16-11(2)7-12(17-13)19-3/h7,10H,4-6,8-9,15H2,1-3H3,(H,16,17,18). The van der Waals surface area contributed by atoms with E-state index < -0.39 is 0 Å².